The van der Waals surface area contributed by atoms with Crippen LogP contribution in [0, 0.1) is 0 Å². The lowest BCUT2D eigenvalue weighted by atomic mass is 10.0. The van der Waals surface area contributed by atoms with E-state index < -0.39 is 23.9 Å². The Labute approximate surface area is 238 Å². The molecule has 3 aromatic carbocycles. The molecule has 1 amide bonds. The van der Waals surface area contributed by atoms with Gasteiger partial charge in [0.25, 0.3) is 5.91 Å². The van der Waals surface area contributed by atoms with Gasteiger partial charge in [-0.25, -0.2) is 4.79 Å². The molecule has 0 aliphatic rings. The molecule has 0 fully saturated rings. The molecule has 1 heterocycles. The Morgan fingerprint density at radius 3 is 2.15 bits per heavy atom. The molecule has 0 saturated carbocycles. The van der Waals surface area contributed by atoms with Crippen molar-refractivity contribution in [1.82, 2.24) is 4.57 Å². The van der Waals surface area contributed by atoms with Gasteiger partial charge in [-0.05, 0) is 30.2 Å². The van der Waals surface area contributed by atoms with Gasteiger partial charge >= 0.3 is 11.9 Å². The number of hydrogen-bond donors (Lipinski definition) is 1. The van der Waals surface area contributed by atoms with Gasteiger partial charge in [-0.1, -0.05) is 66.7 Å². The lowest BCUT2D eigenvalue weighted by Crippen LogP contribution is -2.26. The third-order valence-corrected chi connectivity index (χ3v) is 6.31. The third-order valence-electron chi connectivity index (χ3n) is 6.31. The summed E-state index contributed by atoms with van der Waals surface area (Å²) in [4.78, 5) is 39.1. The number of amides is 1. The first-order valence-corrected chi connectivity index (χ1v) is 13.1. The number of nitrogens with one attached hydrogen (secondary N) is 1. The zero-order chi connectivity index (χ0) is 29.4. The Balaban J connectivity index is 1.89. The summed E-state index contributed by atoms with van der Waals surface area (Å²) < 4.78 is 23.5. The molecule has 0 aliphatic heterocycles. The van der Waals surface area contributed by atoms with E-state index in [0.29, 0.717) is 34.7 Å². The smallest absolute Gasteiger partial charge is 0.357 e. The van der Waals surface area contributed by atoms with E-state index in [1.165, 1.54) is 21.1 Å². The summed E-state index contributed by atoms with van der Waals surface area (Å²) in [7, 11) is 3.07. The summed E-state index contributed by atoms with van der Waals surface area (Å²) in [5.74, 6) is -0.875. The Kier molecular flexibility index (Phi) is 9.42. The quantitative estimate of drug-likeness (QED) is 0.238. The predicted octanol–water partition coefficient (Wildman–Crippen LogP) is 5.64. The van der Waals surface area contributed by atoms with Gasteiger partial charge in [0.15, 0.2) is 17.2 Å². The van der Waals surface area contributed by atoms with E-state index in [0.717, 1.165) is 5.56 Å². The molecular formula is C32H32N2O7. The maximum absolute atomic E-state index is 13.8. The highest BCUT2D eigenvalue weighted by Crippen LogP contribution is 2.39. The van der Waals surface area contributed by atoms with E-state index in [2.05, 4.69) is 5.32 Å². The summed E-state index contributed by atoms with van der Waals surface area (Å²) in [5.41, 5.74) is 2.96. The lowest BCUT2D eigenvalue weighted by molar-refractivity contribution is -0.152. The zero-order valence-corrected chi connectivity index (χ0v) is 23.4. The molecule has 1 N–H and O–H groups in total. The summed E-state index contributed by atoms with van der Waals surface area (Å²) in [5, 5.41) is 2.88. The third kappa shape index (κ3) is 6.75. The van der Waals surface area contributed by atoms with Crippen molar-refractivity contribution in [2.45, 2.75) is 26.5 Å². The number of benzene rings is 3. The van der Waals surface area contributed by atoms with Crippen LogP contribution >= 0.6 is 0 Å². The van der Waals surface area contributed by atoms with E-state index in [1.54, 1.807) is 66.2 Å². The van der Waals surface area contributed by atoms with E-state index in [4.69, 9.17) is 18.9 Å². The van der Waals surface area contributed by atoms with Gasteiger partial charge in [-0.2, -0.15) is 0 Å². The second-order valence-corrected chi connectivity index (χ2v) is 9.06. The predicted molar refractivity (Wildman–Crippen MR) is 154 cm³/mol. The molecule has 4 rings (SSSR count). The van der Waals surface area contributed by atoms with Crippen LogP contribution in [0.2, 0.25) is 0 Å². The fourth-order valence-electron chi connectivity index (χ4n) is 4.48. The first-order valence-electron chi connectivity index (χ1n) is 13.1. The number of carbonyl (C=O) groups excluding carboxylic acids is 3. The first-order chi connectivity index (χ1) is 19.9. The van der Waals surface area contributed by atoms with Gasteiger partial charge in [-0.15, -0.1) is 0 Å². The molecule has 0 bridgehead atoms. The standard InChI is InChI=1S/C32H32N2O7/c1-5-40-32(37)29-28(33-31(36)30(41-21(2)35)23-14-10-7-11-15-23)25(20-34(29)19-22-12-8-6-9-13-22)24-16-17-26(38-3)27(18-24)39-4/h6-18,20,30H,5,19H2,1-4H3,(H,33,36)/t30-/m0/s1. The molecule has 0 radical (unpaired) electrons. The van der Waals surface area contributed by atoms with Gasteiger partial charge in [0.2, 0.25) is 6.10 Å². The highest BCUT2D eigenvalue weighted by Gasteiger charge is 2.30. The molecule has 1 aromatic heterocycles. The molecular weight excluding hydrogens is 524 g/mol. The number of carbonyl (C=O) groups is 3. The van der Waals surface area contributed by atoms with Crippen LogP contribution in [0.15, 0.2) is 85.1 Å². The van der Waals surface area contributed by atoms with Crippen LogP contribution in [-0.2, 0) is 25.6 Å². The van der Waals surface area contributed by atoms with Crippen molar-refractivity contribution in [3.63, 3.8) is 0 Å². The van der Waals surface area contributed by atoms with E-state index in [-0.39, 0.29) is 18.0 Å². The monoisotopic (exact) mass is 556 g/mol. The lowest BCUT2D eigenvalue weighted by Gasteiger charge is -2.18. The van der Waals surface area contributed by atoms with Crippen LogP contribution in [0.3, 0.4) is 0 Å². The molecule has 0 saturated heterocycles. The van der Waals surface area contributed by atoms with Crippen molar-refractivity contribution in [2.24, 2.45) is 0 Å². The maximum atomic E-state index is 13.8. The summed E-state index contributed by atoms with van der Waals surface area (Å²) in [6.45, 7) is 3.41. The van der Waals surface area contributed by atoms with Crippen molar-refractivity contribution >= 4 is 23.5 Å². The van der Waals surface area contributed by atoms with Crippen LogP contribution in [0.25, 0.3) is 11.1 Å². The Morgan fingerprint density at radius 1 is 0.878 bits per heavy atom. The highest BCUT2D eigenvalue weighted by molar-refractivity contribution is 6.07. The van der Waals surface area contributed by atoms with Gasteiger partial charge in [-0.3, -0.25) is 9.59 Å². The second-order valence-electron chi connectivity index (χ2n) is 9.06. The number of hydrogen-bond acceptors (Lipinski definition) is 7. The van der Waals surface area contributed by atoms with Gasteiger partial charge in [0, 0.05) is 30.8 Å². The van der Waals surface area contributed by atoms with Crippen LogP contribution in [0.4, 0.5) is 5.69 Å². The number of rotatable bonds is 11. The second kappa shape index (κ2) is 13.3. The molecule has 1 atom stereocenters. The SMILES string of the molecule is CCOC(=O)c1c(NC(=O)[C@@H](OC(C)=O)c2ccccc2)c(-c2ccc(OC)c(OC)c2)cn1Cc1ccccc1. The average Bonchev–Trinajstić information content (AvgIpc) is 3.33. The molecule has 9 nitrogen and oxygen atoms in total. The number of methoxy groups -OCH3 is 2. The Hall–Kier alpha value is -5.05. The molecule has 0 unspecified atom stereocenters. The van der Waals surface area contributed by atoms with Gasteiger partial charge in [0.1, 0.15) is 0 Å². The average molecular weight is 557 g/mol. The number of ether oxygens (including phenoxy) is 4. The number of nitrogens with zero attached hydrogens (tertiary/aromatic N) is 1. The minimum Gasteiger partial charge on any atom is -0.493 e. The Morgan fingerprint density at radius 2 is 1.54 bits per heavy atom. The first kappa shape index (κ1) is 28.9. The highest BCUT2D eigenvalue weighted by atomic mass is 16.5. The fraction of sp³-hybridized carbons (Fsp3) is 0.219. The van der Waals surface area contributed by atoms with Crippen molar-refractivity contribution in [2.75, 3.05) is 26.1 Å². The minimum absolute atomic E-state index is 0.133. The van der Waals surface area contributed by atoms with Crippen molar-refractivity contribution in [1.29, 1.82) is 0 Å². The summed E-state index contributed by atoms with van der Waals surface area (Å²) >= 11 is 0. The molecule has 212 valence electrons. The molecule has 0 spiro atoms. The van der Waals surface area contributed by atoms with Crippen LogP contribution in [0.1, 0.15) is 41.6 Å². The van der Waals surface area contributed by atoms with Crippen molar-refractivity contribution < 1.29 is 33.3 Å². The van der Waals surface area contributed by atoms with Crippen molar-refractivity contribution in [3.05, 3.63) is 102 Å². The van der Waals surface area contributed by atoms with E-state index >= 15 is 0 Å². The van der Waals surface area contributed by atoms with E-state index in [9.17, 15) is 14.4 Å². The van der Waals surface area contributed by atoms with E-state index in [1.807, 2.05) is 30.3 Å². The maximum Gasteiger partial charge on any atom is 0.357 e. The van der Waals surface area contributed by atoms with Crippen LogP contribution in [0.5, 0.6) is 11.5 Å². The topological polar surface area (TPSA) is 105 Å². The van der Waals surface area contributed by atoms with Crippen LogP contribution in [-0.4, -0.2) is 43.2 Å². The number of anilines is 1. The van der Waals surface area contributed by atoms with Gasteiger partial charge in [0.05, 0.1) is 26.5 Å². The molecule has 41 heavy (non-hydrogen) atoms. The normalized spacial score (nSPS) is 11.3. The Bertz CT molecular complexity index is 1510. The zero-order valence-electron chi connectivity index (χ0n) is 23.4. The number of aromatic nitrogens is 1. The van der Waals surface area contributed by atoms with Crippen LogP contribution < -0.4 is 14.8 Å². The molecule has 9 heteroatoms. The molecule has 0 aliphatic carbocycles. The minimum atomic E-state index is -1.25. The van der Waals surface area contributed by atoms with Crippen molar-refractivity contribution in [3.8, 4) is 22.6 Å². The summed E-state index contributed by atoms with van der Waals surface area (Å²) in [6.07, 6.45) is 0.527. The summed E-state index contributed by atoms with van der Waals surface area (Å²) in [6, 6.07) is 23.6. The fourth-order valence-corrected chi connectivity index (χ4v) is 4.48. The number of esters is 2. The largest absolute Gasteiger partial charge is 0.493 e. The van der Waals surface area contributed by atoms with Gasteiger partial charge < -0.3 is 28.8 Å². The molecule has 4 aromatic rings.